The molecule has 126 valence electrons. The Bertz CT molecular complexity index is 697. The Morgan fingerprint density at radius 3 is 2.17 bits per heavy atom. The van der Waals surface area contributed by atoms with Crippen LogP contribution < -0.4 is 0 Å². The topological polar surface area (TPSA) is 86.7 Å². The van der Waals surface area contributed by atoms with Gasteiger partial charge in [-0.25, -0.2) is 13.2 Å². The highest BCUT2D eigenvalue weighted by Crippen LogP contribution is 2.19. The molecule has 0 saturated heterocycles. The minimum Gasteiger partial charge on any atom is -0.468 e. The first-order valence-electron chi connectivity index (χ1n) is 6.88. The molecule has 0 aromatic heterocycles. The van der Waals surface area contributed by atoms with Crippen LogP contribution >= 0.6 is 0 Å². The summed E-state index contributed by atoms with van der Waals surface area (Å²) in [7, 11) is -3.23. The number of sulfone groups is 1. The van der Waals surface area contributed by atoms with Gasteiger partial charge < -0.3 is 9.47 Å². The third kappa shape index (κ3) is 4.92. The van der Waals surface area contributed by atoms with E-state index in [-0.39, 0.29) is 11.5 Å². The van der Waals surface area contributed by atoms with Gasteiger partial charge in [-0.1, -0.05) is 23.3 Å². The fourth-order valence-corrected chi connectivity index (χ4v) is 3.15. The maximum atomic E-state index is 12.6. The van der Waals surface area contributed by atoms with Gasteiger partial charge in [-0.2, -0.15) is 0 Å². The monoisotopic (exact) mass is 340 g/mol. The zero-order valence-corrected chi connectivity index (χ0v) is 14.3. The van der Waals surface area contributed by atoms with E-state index in [1.807, 2.05) is 0 Å². The van der Waals surface area contributed by atoms with Gasteiger partial charge in [0.25, 0.3) is 5.25 Å². The second-order valence-corrected chi connectivity index (χ2v) is 7.21. The van der Waals surface area contributed by atoms with Crippen molar-refractivity contribution in [3.8, 4) is 0 Å². The molecule has 0 bridgehead atoms. The molecule has 0 fully saturated rings. The summed E-state index contributed by atoms with van der Waals surface area (Å²) >= 11 is 0. The van der Waals surface area contributed by atoms with E-state index in [0.29, 0.717) is 0 Å². The first kappa shape index (κ1) is 18.9. The molecule has 1 rings (SSSR count). The fourth-order valence-electron chi connectivity index (χ4n) is 1.69. The van der Waals surface area contributed by atoms with E-state index in [4.69, 9.17) is 4.74 Å². The number of rotatable bonds is 6. The first-order valence-corrected chi connectivity index (χ1v) is 8.43. The van der Waals surface area contributed by atoms with Crippen molar-refractivity contribution in [1.29, 1.82) is 0 Å². The smallest absolute Gasteiger partial charge is 0.336 e. The lowest BCUT2D eigenvalue weighted by molar-refractivity contribution is -0.151. The summed E-state index contributed by atoms with van der Waals surface area (Å²) in [5.41, 5.74) is 1.75. The molecule has 0 saturated carbocycles. The van der Waals surface area contributed by atoms with E-state index in [1.165, 1.54) is 12.1 Å². The number of esters is 2. The van der Waals surface area contributed by atoms with Crippen molar-refractivity contribution in [3.05, 3.63) is 41.5 Å². The van der Waals surface area contributed by atoms with Crippen LogP contribution in [0, 0.1) is 6.92 Å². The second-order valence-electron chi connectivity index (χ2n) is 5.17. The SMILES string of the molecule is COC(=O)C(C(=O)OCC=C(C)C)S(=O)(=O)c1ccc(C)cc1. The van der Waals surface area contributed by atoms with Crippen LogP contribution in [0.25, 0.3) is 0 Å². The molecule has 1 aromatic carbocycles. The third-order valence-electron chi connectivity index (χ3n) is 3.01. The standard InChI is InChI=1S/C16H20O6S/c1-11(2)9-10-22-16(18)14(15(17)21-4)23(19,20)13-7-5-12(3)6-8-13/h5-9,14H,10H2,1-4H3. The zero-order chi connectivity index (χ0) is 17.6. The number of hydrogen-bond acceptors (Lipinski definition) is 6. The van der Waals surface area contributed by atoms with Crippen molar-refractivity contribution in [2.24, 2.45) is 0 Å². The molecular formula is C16H20O6S. The first-order chi connectivity index (χ1) is 10.7. The summed E-state index contributed by atoms with van der Waals surface area (Å²) in [6, 6.07) is 5.83. The Hall–Kier alpha value is -2.15. The van der Waals surface area contributed by atoms with E-state index in [0.717, 1.165) is 18.2 Å². The Kier molecular flexibility index (Phi) is 6.50. The van der Waals surface area contributed by atoms with Crippen LogP contribution in [0.4, 0.5) is 0 Å². The maximum absolute atomic E-state index is 12.6. The number of carbonyl (C=O) groups is 2. The molecule has 1 aromatic rings. The summed E-state index contributed by atoms with van der Waals surface area (Å²) < 4.78 is 34.5. The molecule has 6 nitrogen and oxygen atoms in total. The Labute approximate surface area is 136 Å². The zero-order valence-electron chi connectivity index (χ0n) is 13.5. The molecule has 0 aliphatic heterocycles. The van der Waals surface area contributed by atoms with Gasteiger partial charge in [-0.3, -0.25) is 4.79 Å². The van der Waals surface area contributed by atoms with E-state index >= 15 is 0 Å². The largest absolute Gasteiger partial charge is 0.468 e. The Morgan fingerprint density at radius 2 is 1.70 bits per heavy atom. The van der Waals surface area contributed by atoms with Crippen molar-refractivity contribution in [2.45, 2.75) is 30.9 Å². The van der Waals surface area contributed by atoms with Gasteiger partial charge in [0.2, 0.25) is 9.84 Å². The molecule has 7 heteroatoms. The fraction of sp³-hybridized carbons (Fsp3) is 0.375. The van der Waals surface area contributed by atoms with Crippen molar-refractivity contribution in [1.82, 2.24) is 0 Å². The average molecular weight is 340 g/mol. The highest BCUT2D eigenvalue weighted by atomic mass is 32.2. The number of aryl methyl sites for hydroxylation is 1. The van der Waals surface area contributed by atoms with Gasteiger partial charge in [0.1, 0.15) is 6.61 Å². The third-order valence-corrected chi connectivity index (χ3v) is 4.94. The molecule has 0 radical (unpaired) electrons. The number of methoxy groups -OCH3 is 1. The lowest BCUT2D eigenvalue weighted by Gasteiger charge is -2.14. The molecule has 23 heavy (non-hydrogen) atoms. The summed E-state index contributed by atoms with van der Waals surface area (Å²) in [4.78, 5) is 23.8. The number of carbonyl (C=O) groups excluding carboxylic acids is 2. The van der Waals surface area contributed by atoms with Crippen LogP contribution in [0.1, 0.15) is 19.4 Å². The van der Waals surface area contributed by atoms with Crippen LogP contribution in [0.5, 0.6) is 0 Å². The molecule has 0 heterocycles. The Balaban J connectivity index is 3.15. The maximum Gasteiger partial charge on any atom is 0.336 e. The van der Waals surface area contributed by atoms with Crippen molar-refractivity contribution in [2.75, 3.05) is 13.7 Å². The summed E-state index contributed by atoms with van der Waals surface area (Å²) in [5.74, 6) is -2.33. The molecule has 1 atom stereocenters. The van der Waals surface area contributed by atoms with Gasteiger partial charge in [0, 0.05) is 0 Å². The van der Waals surface area contributed by atoms with Gasteiger partial charge >= 0.3 is 11.9 Å². The van der Waals surface area contributed by atoms with Gasteiger partial charge in [0.05, 0.1) is 12.0 Å². The lowest BCUT2D eigenvalue weighted by atomic mass is 10.2. The highest BCUT2D eigenvalue weighted by molar-refractivity contribution is 7.93. The summed E-state index contributed by atoms with van der Waals surface area (Å²) in [6.45, 7) is 5.28. The molecular weight excluding hydrogens is 320 g/mol. The van der Waals surface area contributed by atoms with Crippen molar-refractivity contribution >= 4 is 21.8 Å². The molecule has 0 amide bonds. The Morgan fingerprint density at radius 1 is 1.13 bits per heavy atom. The number of allylic oxidation sites excluding steroid dienone is 1. The van der Waals surface area contributed by atoms with Crippen LogP contribution in [0.15, 0.2) is 40.8 Å². The minimum atomic E-state index is -4.25. The van der Waals surface area contributed by atoms with Crippen molar-refractivity contribution < 1.29 is 27.5 Å². The van der Waals surface area contributed by atoms with Crippen LogP contribution in [-0.4, -0.2) is 39.3 Å². The van der Waals surface area contributed by atoms with Gasteiger partial charge in [-0.05, 0) is 39.0 Å². The van der Waals surface area contributed by atoms with Crippen LogP contribution in [-0.2, 0) is 28.9 Å². The van der Waals surface area contributed by atoms with Gasteiger partial charge in [-0.15, -0.1) is 0 Å². The molecule has 1 unspecified atom stereocenters. The highest BCUT2D eigenvalue weighted by Gasteiger charge is 2.42. The molecule has 0 spiro atoms. The quantitative estimate of drug-likeness (QED) is 0.446. The van der Waals surface area contributed by atoms with E-state index in [9.17, 15) is 18.0 Å². The lowest BCUT2D eigenvalue weighted by Crippen LogP contribution is -2.40. The summed E-state index contributed by atoms with van der Waals surface area (Å²) in [6.07, 6.45) is 1.60. The van der Waals surface area contributed by atoms with Crippen LogP contribution in [0.3, 0.4) is 0 Å². The predicted octanol–water partition coefficient (Wildman–Crippen LogP) is 1.82. The van der Waals surface area contributed by atoms with E-state index in [2.05, 4.69) is 4.74 Å². The van der Waals surface area contributed by atoms with Crippen molar-refractivity contribution in [3.63, 3.8) is 0 Å². The number of ether oxygens (including phenoxy) is 2. The molecule has 0 N–H and O–H groups in total. The second kappa shape index (κ2) is 7.92. The van der Waals surface area contributed by atoms with E-state index < -0.39 is 27.0 Å². The molecule has 0 aliphatic rings. The normalized spacial score (nSPS) is 12.2. The number of hydrogen-bond donors (Lipinski definition) is 0. The minimum absolute atomic E-state index is 0.113. The molecule has 0 aliphatic carbocycles. The average Bonchev–Trinajstić information content (AvgIpc) is 2.47. The van der Waals surface area contributed by atoms with E-state index in [1.54, 1.807) is 39.0 Å². The van der Waals surface area contributed by atoms with Crippen LogP contribution in [0.2, 0.25) is 0 Å². The number of benzene rings is 1. The predicted molar refractivity (Wildman–Crippen MR) is 84.6 cm³/mol. The van der Waals surface area contributed by atoms with Gasteiger partial charge in [0.15, 0.2) is 0 Å². The summed E-state index contributed by atoms with van der Waals surface area (Å²) in [5, 5.41) is -2.04.